The highest BCUT2D eigenvalue weighted by Crippen LogP contribution is 2.34. The normalized spacial score (nSPS) is 11.5. The lowest BCUT2D eigenvalue weighted by Crippen LogP contribution is -2.12. The van der Waals surface area contributed by atoms with Crippen molar-refractivity contribution in [3.8, 4) is 0 Å². The number of nitrogens with one attached hydrogen (secondary N) is 1. The molecule has 0 bridgehead atoms. The summed E-state index contributed by atoms with van der Waals surface area (Å²) in [6, 6.07) is 5.52. The van der Waals surface area contributed by atoms with Gasteiger partial charge in [0.1, 0.15) is 0 Å². The predicted octanol–water partition coefficient (Wildman–Crippen LogP) is 3.48. The average Bonchev–Trinajstić information content (AvgIpc) is 2.17. The molecule has 0 heterocycles. The van der Waals surface area contributed by atoms with E-state index in [4.69, 9.17) is 0 Å². The van der Waals surface area contributed by atoms with E-state index in [9.17, 15) is 13.2 Å². The predicted molar refractivity (Wildman–Crippen MR) is 58.3 cm³/mol. The quantitative estimate of drug-likeness (QED) is 0.802. The van der Waals surface area contributed by atoms with E-state index >= 15 is 0 Å². The van der Waals surface area contributed by atoms with Crippen LogP contribution in [0.3, 0.4) is 0 Å². The molecule has 1 N–H and O–H groups in total. The number of hydrogen-bond donors (Lipinski definition) is 1. The summed E-state index contributed by atoms with van der Waals surface area (Å²) in [6.45, 7) is 0.536. The van der Waals surface area contributed by atoms with E-state index in [2.05, 4.69) is 5.32 Å². The van der Waals surface area contributed by atoms with E-state index in [1.54, 1.807) is 17.8 Å². The van der Waals surface area contributed by atoms with Gasteiger partial charge in [-0.1, -0.05) is 12.1 Å². The molecule has 0 saturated heterocycles. The minimum Gasteiger partial charge on any atom is -0.384 e. The van der Waals surface area contributed by atoms with Crippen molar-refractivity contribution in [2.45, 2.75) is 6.18 Å². The first-order valence-corrected chi connectivity index (χ1v) is 5.84. The van der Waals surface area contributed by atoms with Gasteiger partial charge < -0.3 is 5.32 Å². The average molecular weight is 235 g/mol. The standard InChI is InChI=1S/C10H12F3NS/c1-15-7-6-14-9-5-3-2-4-8(9)10(11,12)13/h2-5,14H,6-7H2,1H3. The molecule has 5 heteroatoms. The fourth-order valence-corrected chi connectivity index (χ4v) is 1.48. The Morgan fingerprint density at radius 2 is 1.93 bits per heavy atom. The Kier molecular flexibility index (Phi) is 4.32. The highest BCUT2D eigenvalue weighted by molar-refractivity contribution is 7.98. The van der Waals surface area contributed by atoms with E-state index in [1.807, 2.05) is 6.26 Å². The third-order valence-electron chi connectivity index (χ3n) is 1.85. The van der Waals surface area contributed by atoms with Gasteiger partial charge in [-0.05, 0) is 18.4 Å². The molecule has 0 aliphatic heterocycles. The van der Waals surface area contributed by atoms with Crippen LogP contribution in [-0.4, -0.2) is 18.6 Å². The van der Waals surface area contributed by atoms with Crippen molar-refractivity contribution in [1.29, 1.82) is 0 Å². The van der Waals surface area contributed by atoms with Crippen LogP contribution in [0.1, 0.15) is 5.56 Å². The number of thioether (sulfide) groups is 1. The molecule has 0 spiro atoms. The number of alkyl halides is 3. The summed E-state index contributed by atoms with van der Waals surface area (Å²) in [6.07, 6.45) is -2.37. The van der Waals surface area contributed by atoms with E-state index in [1.165, 1.54) is 12.1 Å². The molecule has 0 atom stereocenters. The summed E-state index contributed by atoms with van der Waals surface area (Å²) in [5, 5.41) is 2.78. The Labute approximate surface area is 91.1 Å². The van der Waals surface area contributed by atoms with Crippen molar-refractivity contribution in [2.24, 2.45) is 0 Å². The second kappa shape index (κ2) is 5.30. The molecule has 1 rings (SSSR count). The Morgan fingerprint density at radius 3 is 2.53 bits per heavy atom. The van der Waals surface area contributed by atoms with Crippen LogP contribution in [0.4, 0.5) is 18.9 Å². The second-order valence-corrected chi connectivity index (χ2v) is 3.95. The van der Waals surface area contributed by atoms with Crippen LogP contribution in [0, 0.1) is 0 Å². The van der Waals surface area contributed by atoms with Crippen molar-refractivity contribution in [1.82, 2.24) is 0 Å². The zero-order chi connectivity index (χ0) is 11.3. The third kappa shape index (κ3) is 3.66. The summed E-state index contributed by atoms with van der Waals surface area (Å²) in [4.78, 5) is 0. The first kappa shape index (κ1) is 12.2. The maximum Gasteiger partial charge on any atom is 0.418 e. The lowest BCUT2D eigenvalue weighted by molar-refractivity contribution is -0.136. The van der Waals surface area contributed by atoms with Crippen LogP contribution < -0.4 is 5.32 Å². The first-order valence-electron chi connectivity index (χ1n) is 4.44. The molecule has 0 saturated carbocycles. The second-order valence-electron chi connectivity index (χ2n) is 2.96. The largest absolute Gasteiger partial charge is 0.418 e. The molecule has 0 aliphatic rings. The van der Waals surface area contributed by atoms with Gasteiger partial charge in [0.25, 0.3) is 0 Å². The number of benzene rings is 1. The molecule has 1 aromatic carbocycles. The lowest BCUT2D eigenvalue weighted by Gasteiger charge is -2.13. The molecule has 0 aliphatic carbocycles. The Balaban J connectivity index is 2.78. The fourth-order valence-electron chi connectivity index (χ4n) is 1.17. The number of para-hydroxylation sites is 1. The summed E-state index contributed by atoms with van der Waals surface area (Å²) in [7, 11) is 0. The maximum absolute atomic E-state index is 12.5. The van der Waals surface area contributed by atoms with Gasteiger partial charge in [0.2, 0.25) is 0 Å². The van der Waals surface area contributed by atoms with Gasteiger partial charge in [0.15, 0.2) is 0 Å². The first-order chi connectivity index (χ1) is 7.05. The van der Waals surface area contributed by atoms with E-state index in [0.29, 0.717) is 6.54 Å². The van der Waals surface area contributed by atoms with Crippen LogP contribution in [0.25, 0.3) is 0 Å². The molecule has 1 aromatic rings. The molecule has 0 amide bonds. The summed E-state index contributed by atoms with van der Waals surface area (Å²) < 4.78 is 37.5. The zero-order valence-corrected chi connectivity index (χ0v) is 9.08. The topological polar surface area (TPSA) is 12.0 Å². The third-order valence-corrected chi connectivity index (χ3v) is 2.47. The lowest BCUT2D eigenvalue weighted by atomic mass is 10.1. The van der Waals surface area contributed by atoms with Crippen molar-refractivity contribution >= 4 is 17.4 Å². The Morgan fingerprint density at radius 1 is 1.27 bits per heavy atom. The van der Waals surface area contributed by atoms with Crippen LogP contribution in [0.2, 0.25) is 0 Å². The number of halogens is 3. The van der Waals surface area contributed by atoms with Crippen molar-refractivity contribution in [3.05, 3.63) is 29.8 Å². The van der Waals surface area contributed by atoms with Crippen LogP contribution in [0.5, 0.6) is 0 Å². The molecule has 0 unspecified atom stereocenters. The molecule has 0 aromatic heterocycles. The molecule has 0 fully saturated rings. The smallest absolute Gasteiger partial charge is 0.384 e. The van der Waals surface area contributed by atoms with Gasteiger partial charge in [0, 0.05) is 18.0 Å². The zero-order valence-electron chi connectivity index (χ0n) is 8.27. The van der Waals surface area contributed by atoms with Crippen molar-refractivity contribution < 1.29 is 13.2 Å². The molecule has 0 radical (unpaired) electrons. The number of rotatable bonds is 4. The fraction of sp³-hybridized carbons (Fsp3) is 0.400. The minimum atomic E-state index is -4.29. The van der Waals surface area contributed by atoms with E-state index in [-0.39, 0.29) is 5.69 Å². The molecule has 84 valence electrons. The monoisotopic (exact) mass is 235 g/mol. The van der Waals surface area contributed by atoms with Gasteiger partial charge in [-0.3, -0.25) is 0 Å². The molecular formula is C10H12F3NS. The highest BCUT2D eigenvalue weighted by atomic mass is 32.2. The van der Waals surface area contributed by atoms with Crippen LogP contribution >= 0.6 is 11.8 Å². The maximum atomic E-state index is 12.5. The number of hydrogen-bond acceptors (Lipinski definition) is 2. The van der Waals surface area contributed by atoms with E-state index in [0.717, 1.165) is 11.8 Å². The minimum absolute atomic E-state index is 0.152. The van der Waals surface area contributed by atoms with Crippen LogP contribution in [-0.2, 0) is 6.18 Å². The SMILES string of the molecule is CSCCNc1ccccc1C(F)(F)F. The van der Waals surface area contributed by atoms with Gasteiger partial charge in [-0.2, -0.15) is 24.9 Å². The van der Waals surface area contributed by atoms with Gasteiger partial charge in [0.05, 0.1) is 5.56 Å². The Hall–Kier alpha value is -0.840. The molecular weight excluding hydrogens is 223 g/mol. The van der Waals surface area contributed by atoms with Gasteiger partial charge in [-0.15, -0.1) is 0 Å². The Bertz CT molecular complexity index is 312. The summed E-state index contributed by atoms with van der Waals surface area (Å²) >= 11 is 1.59. The van der Waals surface area contributed by atoms with Gasteiger partial charge >= 0.3 is 6.18 Å². The van der Waals surface area contributed by atoms with Crippen molar-refractivity contribution in [2.75, 3.05) is 23.9 Å². The molecule has 1 nitrogen and oxygen atoms in total. The molecule has 15 heavy (non-hydrogen) atoms. The summed E-state index contributed by atoms with van der Waals surface area (Å²) in [5.41, 5.74) is -0.454. The van der Waals surface area contributed by atoms with Gasteiger partial charge in [-0.25, -0.2) is 0 Å². The number of anilines is 1. The van der Waals surface area contributed by atoms with Crippen molar-refractivity contribution in [3.63, 3.8) is 0 Å². The van der Waals surface area contributed by atoms with Crippen LogP contribution in [0.15, 0.2) is 24.3 Å². The highest BCUT2D eigenvalue weighted by Gasteiger charge is 2.32. The van der Waals surface area contributed by atoms with E-state index < -0.39 is 11.7 Å². The summed E-state index contributed by atoms with van der Waals surface area (Å²) in [5.74, 6) is 0.784.